The second-order valence-corrected chi connectivity index (χ2v) is 3.51. The molecule has 0 unspecified atom stereocenters. The molecule has 68 valence electrons. The van der Waals surface area contributed by atoms with Crippen molar-refractivity contribution < 1.29 is 0 Å². The van der Waals surface area contributed by atoms with Crippen LogP contribution in [-0.4, -0.2) is 6.71 Å². The van der Waals surface area contributed by atoms with Crippen molar-refractivity contribution in [1.82, 2.24) is 0 Å². The molecule has 0 aliphatic heterocycles. The zero-order valence-corrected chi connectivity index (χ0v) is 8.60. The SMILES string of the molecule is C=CC(=C)CB(CCC)CCC. The predicted octanol–water partition coefficient (Wildman–Crippen LogP) is 4.04. The maximum atomic E-state index is 3.96. The third kappa shape index (κ3) is 5.23. The molecule has 0 radical (unpaired) electrons. The summed E-state index contributed by atoms with van der Waals surface area (Å²) in [6.45, 7) is 13.0. The van der Waals surface area contributed by atoms with Crippen LogP contribution >= 0.6 is 0 Å². The highest BCUT2D eigenvalue weighted by atomic mass is 13.9. The molecule has 0 aromatic carbocycles. The van der Waals surface area contributed by atoms with E-state index in [-0.39, 0.29) is 0 Å². The van der Waals surface area contributed by atoms with Crippen LogP contribution in [0.3, 0.4) is 0 Å². The first-order chi connectivity index (χ1) is 5.74. The van der Waals surface area contributed by atoms with Gasteiger partial charge in [-0.1, -0.05) is 64.1 Å². The summed E-state index contributed by atoms with van der Waals surface area (Å²) < 4.78 is 0. The quantitative estimate of drug-likeness (QED) is 0.393. The molecule has 0 amide bonds. The minimum Gasteiger partial charge on any atom is -0.0988 e. The molecule has 0 fully saturated rings. The average Bonchev–Trinajstić information content (AvgIpc) is 2.05. The van der Waals surface area contributed by atoms with Gasteiger partial charge < -0.3 is 0 Å². The molecule has 1 heteroatoms. The number of hydrogen-bond donors (Lipinski definition) is 0. The Bertz CT molecular complexity index is 132. The Morgan fingerprint density at radius 1 is 1.25 bits per heavy atom. The molecule has 0 aliphatic carbocycles. The van der Waals surface area contributed by atoms with Crippen molar-refractivity contribution in [3.8, 4) is 0 Å². The molecule has 0 saturated heterocycles. The fourth-order valence-electron chi connectivity index (χ4n) is 1.62. The Hall–Kier alpha value is -0.455. The minimum absolute atomic E-state index is 0.838. The van der Waals surface area contributed by atoms with Crippen molar-refractivity contribution in [2.75, 3.05) is 0 Å². The van der Waals surface area contributed by atoms with Gasteiger partial charge in [-0.15, -0.1) is 0 Å². The molecule has 0 spiro atoms. The van der Waals surface area contributed by atoms with Crippen molar-refractivity contribution >= 4 is 6.71 Å². The molecule has 0 aromatic rings. The van der Waals surface area contributed by atoms with E-state index in [0.29, 0.717) is 0 Å². The highest BCUT2D eigenvalue weighted by molar-refractivity contribution is 6.59. The molecule has 0 nitrogen and oxygen atoms in total. The number of rotatable bonds is 7. The summed E-state index contributed by atoms with van der Waals surface area (Å²) in [5, 5.41) is 0. The Labute approximate surface area is 77.8 Å². The molecule has 0 bridgehead atoms. The number of hydrogen-bond acceptors (Lipinski definition) is 0. The van der Waals surface area contributed by atoms with Gasteiger partial charge >= 0.3 is 0 Å². The molecule has 0 aromatic heterocycles. The highest BCUT2D eigenvalue weighted by Crippen LogP contribution is 2.15. The third-order valence-electron chi connectivity index (χ3n) is 2.23. The largest absolute Gasteiger partial charge is 0.144 e. The Morgan fingerprint density at radius 2 is 1.75 bits per heavy atom. The summed E-state index contributed by atoms with van der Waals surface area (Å²) in [4.78, 5) is 0. The van der Waals surface area contributed by atoms with E-state index in [0.717, 1.165) is 13.0 Å². The van der Waals surface area contributed by atoms with E-state index in [1.165, 1.54) is 31.1 Å². The normalized spacial score (nSPS) is 9.50. The summed E-state index contributed by atoms with van der Waals surface area (Å²) >= 11 is 0. The molecular weight excluding hydrogens is 143 g/mol. The fraction of sp³-hybridized carbons (Fsp3) is 0.636. The first kappa shape index (κ1) is 11.5. The Balaban J connectivity index is 3.76. The van der Waals surface area contributed by atoms with Crippen LogP contribution < -0.4 is 0 Å². The lowest BCUT2D eigenvalue weighted by Crippen LogP contribution is -2.11. The summed E-state index contributed by atoms with van der Waals surface area (Å²) in [5.41, 5.74) is 1.20. The van der Waals surface area contributed by atoms with E-state index < -0.39 is 0 Å². The van der Waals surface area contributed by atoms with Gasteiger partial charge in [-0.2, -0.15) is 0 Å². The molecular formula is C11H21B. The van der Waals surface area contributed by atoms with Crippen LogP contribution in [0.4, 0.5) is 0 Å². The predicted molar refractivity (Wildman–Crippen MR) is 60.1 cm³/mol. The van der Waals surface area contributed by atoms with Gasteiger partial charge in [-0.25, -0.2) is 0 Å². The Morgan fingerprint density at radius 3 is 2.08 bits per heavy atom. The minimum atomic E-state index is 0.838. The van der Waals surface area contributed by atoms with Crippen LogP contribution in [0.5, 0.6) is 0 Å². The van der Waals surface area contributed by atoms with Crippen LogP contribution in [0.15, 0.2) is 24.8 Å². The first-order valence-electron chi connectivity index (χ1n) is 5.04. The van der Waals surface area contributed by atoms with E-state index in [1.807, 2.05) is 6.08 Å². The van der Waals surface area contributed by atoms with Crippen LogP contribution in [0.1, 0.15) is 26.7 Å². The fourth-order valence-corrected chi connectivity index (χ4v) is 1.62. The monoisotopic (exact) mass is 164 g/mol. The standard InChI is InChI=1S/C11H21B/c1-5-8-12(9-6-2)10-11(4)7-3/h7H,3-6,8-10H2,1-2H3. The van der Waals surface area contributed by atoms with Gasteiger partial charge in [0, 0.05) is 0 Å². The summed E-state index contributed by atoms with van der Waals surface area (Å²) in [7, 11) is 0. The van der Waals surface area contributed by atoms with E-state index >= 15 is 0 Å². The molecule has 0 N–H and O–H groups in total. The van der Waals surface area contributed by atoms with E-state index in [1.54, 1.807) is 0 Å². The van der Waals surface area contributed by atoms with E-state index in [4.69, 9.17) is 0 Å². The summed E-state index contributed by atoms with van der Waals surface area (Å²) in [6.07, 6.45) is 8.27. The van der Waals surface area contributed by atoms with Gasteiger partial charge in [-0.05, 0) is 6.32 Å². The van der Waals surface area contributed by atoms with Gasteiger partial charge in [0.15, 0.2) is 0 Å². The molecule has 0 aliphatic rings. The molecule has 12 heavy (non-hydrogen) atoms. The zero-order chi connectivity index (χ0) is 9.40. The number of allylic oxidation sites excluding steroid dienone is 2. The van der Waals surface area contributed by atoms with Crippen LogP contribution in [0, 0.1) is 0 Å². The maximum absolute atomic E-state index is 3.96. The van der Waals surface area contributed by atoms with E-state index in [9.17, 15) is 0 Å². The molecule has 0 rings (SSSR count). The third-order valence-corrected chi connectivity index (χ3v) is 2.23. The lowest BCUT2D eigenvalue weighted by atomic mass is 9.41. The smallest absolute Gasteiger partial charge is 0.0988 e. The van der Waals surface area contributed by atoms with Crippen LogP contribution in [0.2, 0.25) is 19.0 Å². The van der Waals surface area contributed by atoms with Crippen molar-refractivity contribution in [2.45, 2.75) is 45.6 Å². The van der Waals surface area contributed by atoms with Crippen molar-refractivity contribution in [3.05, 3.63) is 24.8 Å². The molecule has 0 heterocycles. The molecule has 0 atom stereocenters. The zero-order valence-electron chi connectivity index (χ0n) is 8.60. The lowest BCUT2D eigenvalue weighted by molar-refractivity contribution is 0.996. The highest BCUT2D eigenvalue weighted by Gasteiger charge is 2.10. The second-order valence-electron chi connectivity index (χ2n) is 3.51. The summed E-state index contributed by atoms with van der Waals surface area (Å²) in [5.74, 6) is 0. The molecule has 0 saturated carbocycles. The van der Waals surface area contributed by atoms with Crippen molar-refractivity contribution in [2.24, 2.45) is 0 Å². The first-order valence-corrected chi connectivity index (χ1v) is 5.04. The van der Waals surface area contributed by atoms with Gasteiger partial charge in [-0.3, -0.25) is 0 Å². The van der Waals surface area contributed by atoms with Gasteiger partial charge in [0.25, 0.3) is 0 Å². The van der Waals surface area contributed by atoms with Crippen molar-refractivity contribution in [3.63, 3.8) is 0 Å². The Kier molecular flexibility index (Phi) is 6.93. The lowest BCUT2D eigenvalue weighted by Gasteiger charge is -2.10. The van der Waals surface area contributed by atoms with E-state index in [2.05, 4.69) is 27.0 Å². The second kappa shape index (κ2) is 7.21. The van der Waals surface area contributed by atoms with Gasteiger partial charge in [0.05, 0.1) is 0 Å². The van der Waals surface area contributed by atoms with Gasteiger partial charge in [0.1, 0.15) is 6.71 Å². The summed E-state index contributed by atoms with van der Waals surface area (Å²) in [6, 6.07) is 0. The van der Waals surface area contributed by atoms with Crippen LogP contribution in [0.25, 0.3) is 0 Å². The van der Waals surface area contributed by atoms with Crippen LogP contribution in [-0.2, 0) is 0 Å². The van der Waals surface area contributed by atoms with Gasteiger partial charge in [0.2, 0.25) is 0 Å². The maximum Gasteiger partial charge on any atom is 0.144 e. The topological polar surface area (TPSA) is 0 Å². The van der Waals surface area contributed by atoms with Crippen molar-refractivity contribution in [1.29, 1.82) is 0 Å². The average molecular weight is 164 g/mol.